The van der Waals surface area contributed by atoms with Crippen LogP contribution in [0.15, 0.2) is 35.7 Å². The number of hydrazone groups is 1. The molecule has 1 unspecified atom stereocenters. The second kappa shape index (κ2) is 7.69. The Hall–Kier alpha value is -3.41. The van der Waals surface area contributed by atoms with E-state index in [1.165, 1.54) is 23.5 Å². The highest BCUT2D eigenvalue weighted by Gasteiger charge is 2.46. The predicted molar refractivity (Wildman–Crippen MR) is 109 cm³/mol. The van der Waals surface area contributed by atoms with Gasteiger partial charge in [0, 0.05) is 43.8 Å². The van der Waals surface area contributed by atoms with E-state index in [2.05, 4.69) is 24.8 Å². The summed E-state index contributed by atoms with van der Waals surface area (Å²) >= 11 is 0. The average Bonchev–Trinajstić information content (AvgIpc) is 3.47. The van der Waals surface area contributed by atoms with E-state index in [1.54, 1.807) is 12.3 Å². The third-order valence-electron chi connectivity index (χ3n) is 6.50. The van der Waals surface area contributed by atoms with Crippen molar-refractivity contribution in [2.24, 2.45) is 22.9 Å². The maximum atomic E-state index is 13.7. The van der Waals surface area contributed by atoms with Gasteiger partial charge in [-0.2, -0.15) is 10.1 Å². The van der Waals surface area contributed by atoms with Gasteiger partial charge < -0.3 is 9.74 Å². The van der Waals surface area contributed by atoms with E-state index in [0.29, 0.717) is 29.6 Å². The smallest absolute Gasteiger partial charge is 0.274 e. The molecule has 1 aliphatic carbocycles. The van der Waals surface area contributed by atoms with Crippen LogP contribution in [-0.4, -0.2) is 40.2 Å². The van der Waals surface area contributed by atoms with Gasteiger partial charge in [-0.3, -0.25) is 4.79 Å². The molecule has 2 aliphatic heterocycles. The Morgan fingerprint density at radius 2 is 1.77 bits per heavy atom. The third-order valence-corrected chi connectivity index (χ3v) is 6.50. The second-order valence-corrected chi connectivity index (χ2v) is 8.37. The van der Waals surface area contributed by atoms with E-state index < -0.39 is 17.7 Å². The van der Waals surface area contributed by atoms with Crippen molar-refractivity contribution in [3.05, 3.63) is 59.2 Å². The van der Waals surface area contributed by atoms with Crippen LogP contribution in [0.1, 0.15) is 30.9 Å². The summed E-state index contributed by atoms with van der Waals surface area (Å²) in [6, 6.07) is 4.58. The summed E-state index contributed by atoms with van der Waals surface area (Å²) in [6.07, 6.45) is 4.98. The molecule has 1 aromatic carbocycles. The van der Waals surface area contributed by atoms with Crippen molar-refractivity contribution < 1.29 is 13.6 Å². The van der Waals surface area contributed by atoms with Crippen LogP contribution in [0.25, 0.3) is 4.85 Å². The normalized spacial score (nSPS) is 26.9. The first-order valence-corrected chi connectivity index (χ1v) is 10.3. The number of rotatable bonds is 3. The van der Waals surface area contributed by atoms with Gasteiger partial charge in [0.15, 0.2) is 0 Å². The number of fused-ring (bicyclic) bond motifs is 1. The van der Waals surface area contributed by atoms with Crippen molar-refractivity contribution >= 4 is 23.8 Å². The lowest BCUT2D eigenvalue weighted by atomic mass is 10.0. The Labute approximate surface area is 178 Å². The van der Waals surface area contributed by atoms with Gasteiger partial charge in [0.25, 0.3) is 5.82 Å². The van der Waals surface area contributed by atoms with Crippen LogP contribution in [-0.2, 0) is 4.79 Å². The first-order chi connectivity index (χ1) is 15.0. The molecule has 0 bridgehead atoms. The zero-order valence-corrected chi connectivity index (χ0v) is 16.7. The van der Waals surface area contributed by atoms with Crippen LogP contribution in [0.5, 0.6) is 0 Å². The second-order valence-electron chi connectivity index (χ2n) is 8.37. The molecule has 2 aromatic rings. The summed E-state index contributed by atoms with van der Waals surface area (Å²) in [6.45, 7) is 8.68. The summed E-state index contributed by atoms with van der Waals surface area (Å²) in [4.78, 5) is 26.9. The highest BCUT2D eigenvalue weighted by atomic mass is 19.1. The molecule has 1 saturated heterocycles. The molecule has 4 atom stereocenters. The zero-order valence-electron chi connectivity index (χ0n) is 16.7. The number of amides is 1. The number of aromatic nitrogens is 2. The lowest BCUT2D eigenvalue weighted by molar-refractivity contribution is -0.137. The number of nitrogens with zero attached hydrogens (tertiary/aromatic N) is 6. The summed E-state index contributed by atoms with van der Waals surface area (Å²) in [5.74, 6) is 0.234. The summed E-state index contributed by atoms with van der Waals surface area (Å²) < 4.78 is 27.4. The van der Waals surface area contributed by atoms with Crippen LogP contribution in [0.2, 0.25) is 0 Å². The molecule has 9 heteroatoms. The summed E-state index contributed by atoms with van der Waals surface area (Å²) in [5, 5.41) is 5.64. The van der Waals surface area contributed by atoms with Crippen LogP contribution in [0.3, 0.4) is 0 Å². The third kappa shape index (κ3) is 3.63. The first-order valence-electron chi connectivity index (χ1n) is 10.3. The molecule has 0 radical (unpaired) electrons. The zero-order chi connectivity index (χ0) is 21.5. The molecule has 0 spiro atoms. The van der Waals surface area contributed by atoms with Crippen LogP contribution in [0.4, 0.5) is 20.4 Å². The number of hydrogen-bond acceptors (Lipinski definition) is 5. The van der Waals surface area contributed by atoms with Gasteiger partial charge in [-0.15, -0.1) is 4.98 Å². The number of carbonyl (C=O) groups excluding carboxylic acids is 1. The van der Waals surface area contributed by atoms with Crippen molar-refractivity contribution in [1.29, 1.82) is 0 Å². The van der Waals surface area contributed by atoms with Gasteiger partial charge in [0.1, 0.15) is 17.5 Å². The van der Waals surface area contributed by atoms with Crippen LogP contribution in [0, 0.1) is 36.0 Å². The van der Waals surface area contributed by atoms with Gasteiger partial charge in [0.2, 0.25) is 12.2 Å². The predicted octanol–water partition coefficient (Wildman–Crippen LogP) is 3.73. The standard InChI is InChI=1S/C22H20F2N6O/c1-25-20-9-21(27-12-26-20)29-10-15-4-14(5-16(15)11-29)22(31)30-19(2-3-28-30)13-6-17(23)8-18(24)7-13/h3,6-9,12,14-16,19H,2,4-5,10-11H2/t14?,15-,16+,19-/m0/s1. The molecule has 0 N–H and O–H groups in total. The van der Waals surface area contributed by atoms with E-state index in [9.17, 15) is 13.6 Å². The maximum Gasteiger partial charge on any atom is 0.274 e. The Morgan fingerprint density at radius 1 is 1.06 bits per heavy atom. The van der Waals surface area contributed by atoms with E-state index in [-0.39, 0.29) is 11.8 Å². The fourth-order valence-electron chi connectivity index (χ4n) is 5.12. The van der Waals surface area contributed by atoms with E-state index in [1.807, 2.05) is 0 Å². The van der Waals surface area contributed by atoms with E-state index >= 15 is 0 Å². The fourth-order valence-corrected chi connectivity index (χ4v) is 5.12. The minimum atomic E-state index is -0.657. The van der Waals surface area contributed by atoms with Crippen LogP contribution < -0.4 is 4.90 Å². The molecule has 1 saturated carbocycles. The average molecular weight is 422 g/mol. The monoisotopic (exact) mass is 422 g/mol. The molecule has 158 valence electrons. The van der Waals surface area contributed by atoms with Crippen molar-refractivity contribution in [1.82, 2.24) is 15.0 Å². The minimum Gasteiger partial charge on any atom is -0.360 e. The first kappa shape index (κ1) is 19.5. The van der Waals surface area contributed by atoms with Gasteiger partial charge in [-0.1, -0.05) is 6.57 Å². The molecule has 1 aromatic heterocycles. The van der Waals surface area contributed by atoms with E-state index in [4.69, 9.17) is 6.57 Å². The molecule has 3 aliphatic rings. The minimum absolute atomic E-state index is 0.0818. The quantitative estimate of drug-likeness (QED) is 0.707. The van der Waals surface area contributed by atoms with Crippen molar-refractivity contribution in [3.63, 3.8) is 0 Å². The molecular weight excluding hydrogens is 402 g/mol. The fraction of sp³-hybridized carbons (Fsp3) is 0.409. The topological polar surface area (TPSA) is 66.1 Å². The number of halogens is 2. The Kier molecular flexibility index (Phi) is 4.85. The molecule has 3 heterocycles. The Balaban J connectivity index is 1.26. The highest BCUT2D eigenvalue weighted by Crippen LogP contribution is 2.44. The van der Waals surface area contributed by atoms with Crippen molar-refractivity contribution in [2.75, 3.05) is 18.0 Å². The summed E-state index contributed by atoms with van der Waals surface area (Å²) in [7, 11) is 0. The van der Waals surface area contributed by atoms with Gasteiger partial charge in [0.05, 0.1) is 6.04 Å². The molecule has 2 fully saturated rings. The highest BCUT2D eigenvalue weighted by molar-refractivity contribution is 5.82. The number of carbonyl (C=O) groups is 1. The molecule has 1 amide bonds. The summed E-state index contributed by atoms with van der Waals surface area (Å²) in [5.41, 5.74) is 0.423. The molecule has 5 rings (SSSR count). The molecule has 31 heavy (non-hydrogen) atoms. The van der Waals surface area contributed by atoms with Gasteiger partial charge in [-0.05, 0) is 42.4 Å². The number of anilines is 1. The Morgan fingerprint density at radius 3 is 2.45 bits per heavy atom. The number of benzene rings is 1. The van der Waals surface area contributed by atoms with Gasteiger partial charge >= 0.3 is 0 Å². The van der Waals surface area contributed by atoms with E-state index in [0.717, 1.165) is 37.8 Å². The SMILES string of the molecule is [C-]#[N+]c1cc(N2C[C@H]3CC(C(=O)N4N=CC[C@H]4c4cc(F)cc(F)c4)C[C@H]3C2)ncn1. The lowest BCUT2D eigenvalue weighted by Gasteiger charge is -2.26. The van der Waals surface area contributed by atoms with Crippen LogP contribution >= 0.6 is 0 Å². The molecule has 7 nitrogen and oxygen atoms in total. The number of hydrogen-bond donors (Lipinski definition) is 0. The largest absolute Gasteiger partial charge is 0.360 e. The maximum absolute atomic E-state index is 13.7. The molecular formula is C22H20F2N6O. The Bertz CT molecular complexity index is 1070. The lowest BCUT2D eigenvalue weighted by Crippen LogP contribution is -2.33. The van der Waals surface area contributed by atoms with Gasteiger partial charge in [-0.25, -0.2) is 13.8 Å². The van der Waals surface area contributed by atoms with Crippen molar-refractivity contribution in [2.45, 2.75) is 25.3 Å². The van der Waals surface area contributed by atoms with Crippen molar-refractivity contribution in [3.8, 4) is 0 Å².